The van der Waals surface area contributed by atoms with Crippen LogP contribution >= 0.6 is 11.6 Å². The zero-order valence-corrected chi connectivity index (χ0v) is 10.7. The fourth-order valence-corrected chi connectivity index (χ4v) is 2.36. The molecule has 0 bridgehead atoms. The van der Waals surface area contributed by atoms with Crippen molar-refractivity contribution in [3.8, 4) is 0 Å². The second kappa shape index (κ2) is 6.06. The number of halogens is 1. The molecule has 1 aliphatic heterocycles. The number of hydrogen-bond donors (Lipinski definition) is 1. The Morgan fingerprint density at radius 2 is 2.06 bits per heavy atom. The first-order valence-electron chi connectivity index (χ1n) is 6.27. The van der Waals surface area contributed by atoms with Crippen LogP contribution in [-0.4, -0.2) is 11.8 Å². The summed E-state index contributed by atoms with van der Waals surface area (Å²) in [5.74, 6) is 0.886. The Hall–Kier alpha value is -1.02. The second-order valence-corrected chi connectivity index (χ2v) is 4.92. The SMILES string of the molecule is O=C1CCc2ccc(CCCCCCl)cc2N1. The van der Waals surface area contributed by atoms with Crippen molar-refractivity contribution in [1.82, 2.24) is 0 Å². The molecule has 3 heteroatoms. The smallest absolute Gasteiger partial charge is 0.224 e. The number of unbranched alkanes of at least 4 members (excludes halogenated alkanes) is 2. The van der Waals surface area contributed by atoms with Crippen molar-refractivity contribution in [1.29, 1.82) is 0 Å². The van der Waals surface area contributed by atoms with Gasteiger partial charge in [0.25, 0.3) is 0 Å². The van der Waals surface area contributed by atoms with E-state index in [2.05, 4.69) is 23.5 Å². The number of nitrogens with one attached hydrogen (secondary N) is 1. The van der Waals surface area contributed by atoms with Gasteiger partial charge in [0.1, 0.15) is 0 Å². The Morgan fingerprint density at radius 1 is 1.18 bits per heavy atom. The van der Waals surface area contributed by atoms with Crippen LogP contribution in [0.15, 0.2) is 18.2 Å². The van der Waals surface area contributed by atoms with Crippen LogP contribution in [0.4, 0.5) is 5.69 Å². The lowest BCUT2D eigenvalue weighted by Crippen LogP contribution is -2.18. The van der Waals surface area contributed by atoms with Crippen molar-refractivity contribution in [2.75, 3.05) is 11.2 Å². The highest BCUT2D eigenvalue weighted by molar-refractivity contribution is 6.17. The third-order valence-electron chi connectivity index (χ3n) is 3.17. The van der Waals surface area contributed by atoms with E-state index in [-0.39, 0.29) is 5.91 Å². The summed E-state index contributed by atoms with van der Waals surface area (Å²) in [5.41, 5.74) is 3.57. The van der Waals surface area contributed by atoms with Crippen molar-refractivity contribution in [2.45, 2.75) is 38.5 Å². The van der Waals surface area contributed by atoms with E-state index in [1.165, 1.54) is 24.0 Å². The minimum atomic E-state index is 0.136. The summed E-state index contributed by atoms with van der Waals surface area (Å²) in [6, 6.07) is 6.44. The summed E-state index contributed by atoms with van der Waals surface area (Å²) in [6.45, 7) is 0. The molecule has 0 saturated heterocycles. The van der Waals surface area contributed by atoms with Crippen LogP contribution in [0.5, 0.6) is 0 Å². The molecule has 0 saturated carbocycles. The molecule has 0 fully saturated rings. The number of rotatable bonds is 5. The molecule has 0 unspecified atom stereocenters. The van der Waals surface area contributed by atoms with Crippen molar-refractivity contribution in [2.24, 2.45) is 0 Å². The van der Waals surface area contributed by atoms with E-state index in [9.17, 15) is 4.79 Å². The molecule has 0 atom stereocenters. The van der Waals surface area contributed by atoms with Crippen molar-refractivity contribution in [3.63, 3.8) is 0 Å². The van der Waals surface area contributed by atoms with Gasteiger partial charge in [-0.15, -0.1) is 11.6 Å². The lowest BCUT2D eigenvalue weighted by atomic mass is 9.98. The first-order valence-corrected chi connectivity index (χ1v) is 6.80. The molecule has 0 aliphatic carbocycles. The highest BCUT2D eigenvalue weighted by Crippen LogP contribution is 2.24. The number of hydrogen-bond acceptors (Lipinski definition) is 1. The van der Waals surface area contributed by atoms with E-state index in [0.717, 1.165) is 30.8 Å². The molecule has 1 aromatic carbocycles. The first-order chi connectivity index (χ1) is 8.29. The highest BCUT2D eigenvalue weighted by atomic mass is 35.5. The third kappa shape index (κ3) is 3.47. The largest absolute Gasteiger partial charge is 0.326 e. The molecule has 1 heterocycles. The van der Waals surface area contributed by atoms with E-state index >= 15 is 0 Å². The van der Waals surface area contributed by atoms with Gasteiger partial charge in [0.15, 0.2) is 0 Å². The second-order valence-electron chi connectivity index (χ2n) is 4.54. The number of benzene rings is 1. The number of anilines is 1. The van der Waals surface area contributed by atoms with Crippen LogP contribution in [0, 0.1) is 0 Å². The van der Waals surface area contributed by atoms with Crippen LogP contribution < -0.4 is 5.32 Å². The Kier molecular flexibility index (Phi) is 4.43. The summed E-state index contributed by atoms with van der Waals surface area (Å²) < 4.78 is 0. The number of amides is 1. The van der Waals surface area contributed by atoms with E-state index in [0.29, 0.717) is 6.42 Å². The molecule has 1 N–H and O–H groups in total. The Balaban J connectivity index is 1.95. The number of aryl methyl sites for hydroxylation is 2. The van der Waals surface area contributed by atoms with Crippen molar-refractivity contribution >= 4 is 23.2 Å². The summed E-state index contributed by atoms with van der Waals surface area (Å²) in [5, 5.41) is 2.94. The van der Waals surface area contributed by atoms with Gasteiger partial charge >= 0.3 is 0 Å². The standard InChI is InChI=1S/C14H18ClNO/c15-9-3-1-2-4-11-5-6-12-7-8-14(17)16-13(12)10-11/h5-6,10H,1-4,7-9H2,(H,16,17). The molecule has 17 heavy (non-hydrogen) atoms. The Labute approximate surface area is 107 Å². The molecule has 1 amide bonds. The van der Waals surface area contributed by atoms with E-state index < -0.39 is 0 Å². The fraction of sp³-hybridized carbons (Fsp3) is 0.500. The van der Waals surface area contributed by atoms with Crippen LogP contribution in [0.2, 0.25) is 0 Å². The minimum Gasteiger partial charge on any atom is -0.326 e. The van der Waals surface area contributed by atoms with Crippen LogP contribution in [0.1, 0.15) is 36.8 Å². The fourth-order valence-electron chi connectivity index (χ4n) is 2.17. The molecule has 0 radical (unpaired) electrons. The third-order valence-corrected chi connectivity index (χ3v) is 3.44. The molecular formula is C14H18ClNO. The van der Waals surface area contributed by atoms with Gasteiger partial charge in [-0.1, -0.05) is 18.6 Å². The maximum absolute atomic E-state index is 11.3. The van der Waals surface area contributed by atoms with Gasteiger partial charge in [-0.3, -0.25) is 4.79 Å². The summed E-state index contributed by atoms with van der Waals surface area (Å²) in [7, 11) is 0. The van der Waals surface area contributed by atoms with Gasteiger partial charge in [0.2, 0.25) is 5.91 Å². The van der Waals surface area contributed by atoms with Crippen LogP contribution in [0.3, 0.4) is 0 Å². The molecule has 2 nitrogen and oxygen atoms in total. The minimum absolute atomic E-state index is 0.136. The number of fused-ring (bicyclic) bond motifs is 1. The molecular weight excluding hydrogens is 234 g/mol. The van der Waals surface area contributed by atoms with Gasteiger partial charge in [0, 0.05) is 18.0 Å². The maximum atomic E-state index is 11.3. The van der Waals surface area contributed by atoms with E-state index in [4.69, 9.17) is 11.6 Å². The van der Waals surface area contributed by atoms with Gasteiger partial charge in [-0.05, 0) is 42.9 Å². The molecule has 1 aromatic rings. The topological polar surface area (TPSA) is 29.1 Å². The summed E-state index contributed by atoms with van der Waals surface area (Å²) in [4.78, 5) is 11.3. The van der Waals surface area contributed by atoms with Crippen molar-refractivity contribution < 1.29 is 4.79 Å². The quantitative estimate of drug-likeness (QED) is 0.630. The molecule has 2 rings (SSSR count). The van der Waals surface area contributed by atoms with Crippen LogP contribution in [0.25, 0.3) is 0 Å². The summed E-state index contributed by atoms with van der Waals surface area (Å²) >= 11 is 5.65. The average Bonchev–Trinajstić information content (AvgIpc) is 2.34. The first kappa shape index (κ1) is 12.4. The maximum Gasteiger partial charge on any atom is 0.224 e. The van der Waals surface area contributed by atoms with E-state index in [1.807, 2.05) is 0 Å². The van der Waals surface area contributed by atoms with Gasteiger partial charge in [-0.2, -0.15) is 0 Å². The number of carbonyl (C=O) groups is 1. The van der Waals surface area contributed by atoms with Gasteiger partial charge < -0.3 is 5.32 Å². The lowest BCUT2D eigenvalue weighted by molar-refractivity contribution is -0.116. The zero-order valence-electron chi connectivity index (χ0n) is 9.97. The van der Waals surface area contributed by atoms with Crippen molar-refractivity contribution in [3.05, 3.63) is 29.3 Å². The normalized spacial score (nSPS) is 14.3. The molecule has 0 aromatic heterocycles. The predicted molar refractivity (Wildman–Crippen MR) is 71.7 cm³/mol. The number of alkyl halides is 1. The van der Waals surface area contributed by atoms with Gasteiger partial charge in [-0.25, -0.2) is 0 Å². The molecule has 1 aliphatic rings. The molecule has 0 spiro atoms. The zero-order chi connectivity index (χ0) is 12.1. The van der Waals surface area contributed by atoms with E-state index in [1.54, 1.807) is 0 Å². The Bertz CT molecular complexity index is 403. The predicted octanol–water partition coefficient (Wildman–Crippen LogP) is 3.52. The summed E-state index contributed by atoms with van der Waals surface area (Å²) in [6.07, 6.45) is 5.98. The highest BCUT2D eigenvalue weighted by Gasteiger charge is 2.14. The number of carbonyl (C=O) groups excluding carboxylic acids is 1. The van der Waals surface area contributed by atoms with Crippen LogP contribution in [-0.2, 0) is 17.6 Å². The average molecular weight is 252 g/mol. The lowest BCUT2D eigenvalue weighted by Gasteiger charge is -2.17. The van der Waals surface area contributed by atoms with Gasteiger partial charge in [0.05, 0.1) is 0 Å². The monoisotopic (exact) mass is 251 g/mol. The Morgan fingerprint density at radius 3 is 2.88 bits per heavy atom. The molecule has 92 valence electrons.